The predicted molar refractivity (Wildman–Crippen MR) is 92.6 cm³/mol. The second-order valence-electron chi connectivity index (χ2n) is 5.01. The third kappa shape index (κ3) is 5.23. The minimum absolute atomic E-state index is 0. The van der Waals surface area contributed by atoms with E-state index in [2.05, 4.69) is 42.0 Å². The van der Waals surface area contributed by atoms with Gasteiger partial charge in [-0.3, -0.25) is 9.98 Å². The van der Waals surface area contributed by atoms with Crippen molar-refractivity contribution in [2.45, 2.75) is 33.6 Å². The summed E-state index contributed by atoms with van der Waals surface area (Å²) in [7, 11) is 0. The van der Waals surface area contributed by atoms with Crippen LogP contribution in [-0.4, -0.2) is 11.9 Å². The van der Waals surface area contributed by atoms with Crippen LogP contribution in [0.3, 0.4) is 0 Å². The van der Waals surface area contributed by atoms with Gasteiger partial charge >= 0.3 is 0 Å². The molecule has 2 aromatic rings. The maximum atomic E-state index is 4.63. The molecular weight excluding hydrogens is 315 g/mol. The fourth-order valence-corrected chi connectivity index (χ4v) is 2.27. The minimum atomic E-state index is 0. The molecule has 3 heteroatoms. The summed E-state index contributed by atoms with van der Waals surface area (Å²) >= 11 is 0. The Bertz CT molecular complexity index is 646. The van der Waals surface area contributed by atoms with Crippen molar-refractivity contribution in [2.24, 2.45) is 9.98 Å². The van der Waals surface area contributed by atoms with E-state index in [1.807, 2.05) is 43.5 Å². The standard InChI is InChI=1S/C19H22N2.Ni/c1-4-16-11-12-19(13-17(16)5-2)21-15(3)14-20-18-9-7-6-8-10-18;/h6-14H,4-5H2,1-3H3;/b20-14+,21-15+;. The van der Waals surface area contributed by atoms with Crippen molar-refractivity contribution in [3.05, 3.63) is 59.7 Å². The molecule has 2 aromatic carbocycles. The van der Waals surface area contributed by atoms with Gasteiger partial charge in [-0.05, 0) is 55.2 Å². The molecule has 118 valence electrons. The van der Waals surface area contributed by atoms with Gasteiger partial charge in [-0.15, -0.1) is 0 Å². The first-order valence-electron chi connectivity index (χ1n) is 7.49. The van der Waals surface area contributed by atoms with Gasteiger partial charge in [-0.25, -0.2) is 0 Å². The van der Waals surface area contributed by atoms with Gasteiger partial charge in [-0.2, -0.15) is 0 Å². The van der Waals surface area contributed by atoms with Crippen molar-refractivity contribution in [3.63, 3.8) is 0 Å². The van der Waals surface area contributed by atoms with Crippen LogP contribution in [0, 0.1) is 0 Å². The van der Waals surface area contributed by atoms with Gasteiger partial charge in [0.1, 0.15) is 0 Å². The number of nitrogens with zero attached hydrogens (tertiary/aromatic N) is 2. The van der Waals surface area contributed by atoms with E-state index in [9.17, 15) is 0 Å². The Morgan fingerprint density at radius 2 is 1.59 bits per heavy atom. The number of benzene rings is 2. The Morgan fingerprint density at radius 1 is 0.909 bits per heavy atom. The van der Waals surface area contributed by atoms with Crippen LogP contribution in [0.5, 0.6) is 0 Å². The van der Waals surface area contributed by atoms with E-state index in [4.69, 9.17) is 0 Å². The minimum Gasteiger partial charge on any atom is -0.255 e. The van der Waals surface area contributed by atoms with E-state index >= 15 is 0 Å². The molecular formula is C19H22N2Ni. The fourth-order valence-electron chi connectivity index (χ4n) is 2.27. The molecule has 0 bridgehead atoms. The fraction of sp³-hybridized carbons (Fsp3) is 0.263. The van der Waals surface area contributed by atoms with Crippen LogP contribution in [0.2, 0.25) is 0 Å². The van der Waals surface area contributed by atoms with Gasteiger partial charge in [0.05, 0.1) is 17.1 Å². The van der Waals surface area contributed by atoms with Crippen molar-refractivity contribution in [3.8, 4) is 0 Å². The van der Waals surface area contributed by atoms with Gasteiger partial charge in [0.2, 0.25) is 0 Å². The van der Waals surface area contributed by atoms with Gasteiger partial charge in [0.25, 0.3) is 0 Å². The zero-order valence-electron chi connectivity index (χ0n) is 13.3. The van der Waals surface area contributed by atoms with Crippen LogP contribution in [0.4, 0.5) is 11.4 Å². The van der Waals surface area contributed by atoms with Gasteiger partial charge in [0, 0.05) is 22.7 Å². The molecule has 0 radical (unpaired) electrons. The third-order valence-electron chi connectivity index (χ3n) is 3.41. The molecule has 0 saturated heterocycles. The van der Waals surface area contributed by atoms with E-state index in [-0.39, 0.29) is 16.5 Å². The van der Waals surface area contributed by atoms with Crippen LogP contribution >= 0.6 is 0 Å². The molecule has 0 N–H and O–H groups in total. The summed E-state index contributed by atoms with van der Waals surface area (Å²) in [6.07, 6.45) is 3.93. The topological polar surface area (TPSA) is 24.7 Å². The average Bonchev–Trinajstić information content (AvgIpc) is 2.53. The molecule has 0 heterocycles. The second-order valence-corrected chi connectivity index (χ2v) is 5.01. The molecule has 0 aliphatic rings. The summed E-state index contributed by atoms with van der Waals surface area (Å²) in [5.74, 6) is 0. The van der Waals surface area contributed by atoms with Crippen molar-refractivity contribution in [1.29, 1.82) is 0 Å². The Labute approximate surface area is 143 Å². The maximum absolute atomic E-state index is 4.63. The van der Waals surface area contributed by atoms with E-state index in [0.29, 0.717) is 0 Å². The SMILES string of the molecule is CCc1ccc(/N=C(C)/C=N/c2ccccc2)cc1CC.[Ni]. The number of hydrogen-bond acceptors (Lipinski definition) is 2. The quantitative estimate of drug-likeness (QED) is 0.522. The summed E-state index contributed by atoms with van der Waals surface area (Å²) in [5, 5.41) is 0. The molecule has 0 aliphatic heterocycles. The first-order chi connectivity index (χ1) is 10.2. The van der Waals surface area contributed by atoms with Crippen LogP contribution in [0.25, 0.3) is 0 Å². The molecule has 2 nitrogen and oxygen atoms in total. The summed E-state index contributed by atoms with van der Waals surface area (Å²) in [6.45, 7) is 6.35. The number of aryl methyl sites for hydroxylation is 2. The second kappa shape index (κ2) is 9.32. The summed E-state index contributed by atoms with van der Waals surface area (Å²) in [6, 6.07) is 16.4. The van der Waals surface area contributed by atoms with Crippen LogP contribution in [0.15, 0.2) is 58.5 Å². The number of rotatable bonds is 5. The Balaban J connectivity index is 0.00000242. The van der Waals surface area contributed by atoms with E-state index in [0.717, 1.165) is 29.9 Å². The molecule has 0 spiro atoms. The Morgan fingerprint density at radius 3 is 2.23 bits per heavy atom. The first-order valence-corrected chi connectivity index (χ1v) is 7.49. The normalized spacial score (nSPS) is 11.5. The average molecular weight is 337 g/mol. The first kappa shape index (κ1) is 18.3. The molecule has 0 unspecified atom stereocenters. The van der Waals surface area contributed by atoms with E-state index in [1.54, 1.807) is 0 Å². The Kier molecular flexibility index (Phi) is 7.76. The zero-order valence-corrected chi connectivity index (χ0v) is 14.3. The predicted octanol–water partition coefficient (Wildman–Crippen LogP) is 5.30. The van der Waals surface area contributed by atoms with E-state index in [1.165, 1.54) is 11.1 Å². The monoisotopic (exact) mass is 336 g/mol. The van der Waals surface area contributed by atoms with Gasteiger partial charge in [0.15, 0.2) is 0 Å². The van der Waals surface area contributed by atoms with Crippen LogP contribution in [0.1, 0.15) is 31.9 Å². The smallest absolute Gasteiger partial charge is 0.0636 e. The van der Waals surface area contributed by atoms with E-state index < -0.39 is 0 Å². The summed E-state index contributed by atoms with van der Waals surface area (Å²) in [4.78, 5) is 9.05. The van der Waals surface area contributed by atoms with Crippen molar-refractivity contribution < 1.29 is 16.5 Å². The molecule has 22 heavy (non-hydrogen) atoms. The number of aliphatic imine (C=N–C) groups is 2. The third-order valence-corrected chi connectivity index (χ3v) is 3.41. The molecule has 0 amide bonds. The zero-order chi connectivity index (χ0) is 15.1. The number of para-hydroxylation sites is 1. The molecule has 0 aliphatic carbocycles. The Hall–Kier alpha value is -1.73. The molecule has 0 aromatic heterocycles. The van der Waals surface area contributed by atoms with Crippen molar-refractivity contribution in [1.82, 2.24) is 0 Å². The van der Waals surface area contributed by atoms with Crippen molar-refractivity contribution in [2.75, 3.05) is 0 Å². The molecule has 0 fully saturated rings. The largest absolute Gasteiger partial charge is 0.255 e. The van der Waals surface area contributed by atoms with Gasteiger partial charge < -0.3 is 0 Å². The number of hydrogen-bond donors (Lipinski definition) is 0. The summed E-state index contributed by atoms with van der Waals surface area (Å²) in [5.41, 5.74) is 5.65. The van der Waals surface area contributed by atoms with Gasteiger partial charge in [-0.1, -0.05) is 38.1 Å². The molecule has 0 atom stereocenters. The summed E-state index contributed by atoms with van der Waals surface area (Å²) < 4.78 is 0. The van der Waals surface area contributed by atoms with Crippen LogP contribution < -0.4 is 0 Å². The van der Waals surface area contributed by atoms with Crippen molar-refractivity contribution >= 4 is 23.3 Å². The van der Waals surface area contributed by atoms with Crippen LogP contribution in [-0.2, 0) is 29.3 Å². The molecule has 2 rings (SSSR count). The molecule has 0 saturated carbocycles. The maximum Gasteiger partial charge on any atom is 0.0636 e.